The Morgan fingerprint density at radius 1 is 1.10 bits per heavy atom. The maximum Gasteiger partial charge on any atom is 0.262 e. The molecular formula is C13H11Cl2NO3S. The molecule has 0 atom stereocenters. The van der Waals surface area contributed by atoms with Crippen molar-refractivity contribution >= 4 is 38.9 Å². The summed E-state index contributed by atoms with van der Waals surface area (Å²) in [4.78, 5) is 0.0373. The van der Waals surface area contributed by atoms with E-state index in [0.29, 0.717) is 10.6 Å². The van der Waals surface area contributed by atoms with Gasteiger partial charge in [0.1, 0.15) is 5.75 Å². The van der Waals surface area contributed by atoms with E-state index in [-0.39, 0.29) is 21.4 Å². The van der Waals surface area contributed by atoms with E-state index in [9.17, 15) is 13.5 Å². The number of hydrogen-bond donors (Lipinski definition) is 2. The molecular weight excluding hydrogens is 321 g/mol. The molecule has 0 amide bonds. The average molecular weight is 332 g/mol. The van der Waals surface area contributed by atoms with Crippen molar-refractivity contribution in [2.24, 2.45) is 0 Å². The van der Waals surface area contributed by atoms with Crippen LogP contribution in [0.5, 0.6) is 5.75 Å². The molecule has 0 fully saturated rings. The first-order chi connectivity index (χ1) is 9.29. The third-order valence-electron chi connectivity index (χ3n) is 2.61. The molecule has 0 aromatic heterocycles. The van der Waals surface area contributed by atoms with Gasteiger partial charge < -0.3 is 5.11 Å². The van der Waals surface area contributed by atoms with Crippen LogP contribution in [0, 0.1) is 6.92 Å². The standard InChI is InChI=1S/C13H11Cl2NO3S/c1-8-5-11(14)12(15)7-13(8)20(18,19)16-9-3-2-4-10(17)6-9/h2-7,16-17H,1H3. The largest absolute Gasteiger partial charge is 0.508 e. The van der Waals surface area contributed by atoms with Crippen LogP contribution in [-0.2, 0) is 10.0 Å². The highest BCUT2D eigenvalue weighted by molar-refractivity contribution is 7.92. The second-order valence-corrected chi connectivity index (χ2v) is 6.65. The summed E-state index contributed by atoms with van der Waals surface area (Å²) in [6, 6.07) is 8.61. The van der Waals surface area contributed by atoms with Crippen LogP contribution in [0.3, 0.4) is 0 Å². The van der Waals surface area contributed by atoms with Crippen molar-refractivity contribution in [2.75, 3.05) is 4.72 Å². The molecule has 0 radical (unpaired) electrons. The molecule has 0 saturated heterocycles. The van der Waals surface area contributed by atoms with E-state index in [4.69, 9.17) is 23.2 Å². The number of rotatable bonds is 3. The second kappa shape index (κ2) is 5.52. The van der Waals surface area contributed by atoms with Gasteiger partial charge in [0.05, 0.1) is 20.6 Å². The summed E-state index contributed by atoms with van der Waals surface area (Å²) < 4.78 is 27.0. The van der Waals surface area contributed by atoms with Crippen LogP contribution in [0.2, 0.25) is 10.0 Å². The Kier molecular flexibility index (Phi) is 4.13. The maximum atomic E-state index is 12.3. The van der Waals surface area contributed by atoms with E-state index in [1.807, 2.05) is 0 Å². The van der Waals surface area contributed by atoms with Crippen LogP contribution in [0.1, 0.15) is 5.56 Å². The molecule has 0 aliphatic rings. The fraction of sp³-hybridized carbons (Fsp3) is 0.0769. The summed E-state index contributed by atoms with van der Waals surface area (Å²) in [6.45, 7) is 1.62. The molecule has 0 unspecified atom stereocenters. The van der Waals surface area contributed by atoms with Gasteiger partial charge >= 0.3 is 0 Å². The molecule has 4 nitrogen and oxygen atoms in total. The number of phenolic OH excluding ortho intramolecular Hbond substituents is 1. The fourth-order valence-electron chi connectivity index (χ4n) is 1.70. The van der Waals surface area contributed by atoms with Gasteiger partial charge in [0, 0.05) is 6.07 Å². The van der Waals surface area contributed by atoms with Crippen LogP contribution < -0.4 is 4.72 Å². The van der Waals surface area contributed by atoms with Crippen LogP contribution in [-0.4, -0.2) is 13.5 Å². The second-order valence-electron chi connectivity index (χ2n) is 4.19. The minimum absolute atomic E-state index is 0.0314. The number of anilines is 1. The summed E-state index contributed by atoms with van der Waals surface area (Å²) in [5, 5.41) is 9.79. The van der Waals surface area contributed by atoms with Gasteiger partial charge in [-0.1, -0.05) is 29.3 Å². The summed E-state index contributed by atoms with van der Waals surface area (Å²) >= 11 is 11.7. The molecule has 106 valence electrons. The van der Waals surface area contributed by atoms with Gasteiger partial charge in [0.15, 0.2) is 0 Å². The average Bonchev–Trinajstić information content (AvgIpc) is 2.33. The molecule has 0 saturated carbocycles. The Morgan fingerprint density at radius 3 is 2.40 bits per heavy atom. The van der Waals surface area contributed by atoms with Crippen molar-refractivity contribution in [1.29, 1.82) is 0 Å². The fourth-order valence-corrected chi connectivity index (χ4v) is 3.45. The van der Waals surface area contributed by atoms with Crippen LogP contribution >= 0.6 is 23.2 Å². The van der Waals surface area contributed by atoms with Gasteiger partial charge in [0.2, 0.25) is 0 Å². The molecule has 0 heterocycles. The number of nitrogens with one attached hydrogen (secondary N) is 1. The molecule has 2 aromatic carbocycles. The zero-order chi connectivity index (χ0) is 14.9. The summed E-state index contributed by atoms with van der Waals surface area (Å²) in [5.41, 5.74) is 0.738. The zero-order valence-corrected chi connectivity index (χ0v) is 12.7. The van der Waals surface area contributed by atoms with E-state index in [1.54, 1.807) is 6.92 Å². The maximum absolute atomic E-state index is 12.3. The Morgan fingerprint density at radius 2 is 1.75 bits per heavy atom. The lowest BCUT2D eigenvalue weighted by atomic mass is 10.2. The first kappa shape index (κ1) is 15.0. The third kappa shape index (κ3) is 3.17. The molecule has 0 spiro atoms. The highest BCUT2D eigenvalue weighted by Crippen LogP contribution is 2.29. The number of aromatic hydroxyl groups is 1. The predicted molar refractivity (Wildman–Crippen MR) is 80.1 cm³/mol. The third-order valence-corrected chi connectivity index (χ3v) is 4.85. The lowest BCUT2D eigenvalue weighted by molar-refractivity contribution is 0.475. The van der Waals surface area contributed by atoms with Crippen LogP contribution in [0.4, 0.5) is 5.69 Å². The summed E-state index contributed by atoms with van der Waals surface area (Å²) in [6.07, 6.45) is 0. The summed E-state index contributed by atoms with van der Waals surface area (Å²) in [7, 11) is -3.80. The molecule has 20 heavy (non-hydrogen) atoms. The van der Waals surface area contributed by atoms with Crippen molar-refractivity contribution < 1.29 is 13.5 Å². The number of aryl methyl sites for hydroxylation is 1. The minimum Gasteiger partial charge on any atom is -0.508 e. The lowest BCUT2D eigenvalue weighted by Crippen LogP contribution is -2.14. The van der Waals surface area contributed by atoms with Crippen molar-refractivity contribution in [3.8, 4) is 5.75 Å². The van der Waals surface area contributed by atoms with Gasteiger partial charge in [-0.05, 0) is 36.8 Å². The Balaban J connectivity index is 2.43. The van der Waals surface area contributed by atoms with E-state index in [1.165, 1.54) is 36.4 Å². The monoisotopic (exact) mass is 331 g/mol. The van der Waals surface area contributed by atoms with Gasteiger partial charge in [-0.25, -0.2) is 8.42 Å². The van der Waals surface area contributed by atoms with E-state index < -0.39 is 10.0 Å². The molecule has 2 N–H and O–H groups in total. The molecule has 2 aromatic rings. The predicted octanol–water partition coefficient (Wildman–Crippen LogP) is 3.81. The lowest BCUT2D eigenvalue weighted by Gasteiger charge is -2.11. The topological polar surface area (TPSA) is 66.4 Å². The SMILES string of the molecule is Cc1cc(Cl)c(Cl)cc1S(=O)(=O)Nc1cccc(O)c1. The van der Waals surface area contributed by atoms with Crippen LogP contribution in [0.25, 0.3) is 0 Å². The van der Waals surface area contributed by atoms with Crippen molar-refractivity contribution in [3.63, 3.8) is 0 Å². The van der Waals surface area contributed by atoms with Crippen molar-refractivity contribution in [3.05, 3.63) is 52.0 Å². The first-order valence-electron chi connectivity index (χ1n) is 5.57. The number of halogens is 2. The molecule has 0 aliphatic carbocycles. The van der Waals surface area contributed by atoms with Gasteiger partial charge in [-0.15, -0.1) is 0 Å². The van der Waals surface area contributed by atoms with E-state index in [2.05, 4.69) is 4.72 Å². The Labute approximate surface area is 127 Å². The Bertz CT molecular complexity index is 760. The van der Waals surface area contributed by atoms with Gasteiger partial charge in [-0.2, -0.15) is 0 Å². The smallest absolute Gasteiger partial charge is 0.262 e. The van der Waals surface area contributed by atoms with E-state index >= 15 is 0 Å². The summed E-state index contributed by atoms with van der Waals surface area (Å²) in [5.74, 6) is -0.0314. The first-order valence-corrected chi connectivity index (χ1v) is 7.81. The van der Waals surface area contributed by atoms with E-state index in [0.717, 1.165) is 0 Å². The number of benzene rings is 2. The normalized spacial score (nSPS) is 11.3. The molecule has 2 rings (SSSR count). The quantitative estimate of drug-likeness (QED) is 0.898. The Hall–Kier alpha value is -1.43. The number of sulfonamides is 1. The van der Waals surface area contributed by atoms with Gasteiger partial charge in [-0.3, -0.25) is 4.72 Å². The number of phenols is 1. The van der Waals surface area contributed by atoms with Crippen molar-refractivity contribution in [1.82, 2.24) is 0 Å². The van der Waals surface area contributed by atoms with Crippen molar-refractivity contribution in [2.45, 2.75) is 11.8 Å². The number of hydrogen-bond acceptors (Lipinski definition) is 3. The molecule has 7 heteroatoms. The highest BCUT2D eigenvalue weighted by atomic mass is 35.5. The minimum atomic E-state index is -3.80. The zero-order valence-electron chi connectivity index (χ0n) is 10.4. The molecule has 0 bridgehead atoms. The van der Waals surface area contributed by atoms with Gasteiger partial charge in [0.25, 0.3) is 10.0 Å². The molecule has 0 aliphatic heterocycles. The highest BCUT2D eigenvalue weighted by Gasteiger charge is 2.19. The van der Waals surface area contributed by atoms with Crippen LogP contribution in [0.15, 0.2) is 41.3 Å².